The molecule has 24 heavy (non-hydrogen) atoms. The minimum absolute atomic E-state index is 0. The van der Waals surface area contributed by atoms with Crippen molar-refractivity contribution in [3.63, 3.8) is 0 Å². The van der Waals surface area contributed by atoms with E-state index in [-0.39, 0.29) is 42.1 Å². The Bertz CT molecular complexity index is 382. The van der Waals surface area contributed by atoms with Crippen molar-refractivity contribution in [1.82, 2.24) is 5.32 Å². The summed E-state index contributed by atoms with van der Waals surface area (Å²) in [4.78, 5) is 10.1. The van der Waals surface area contributed by atoms with Gasteiger partial charge in [0.25, 0.3) is 0 Å². The van der Waals surface area contributed by atoms with Crippen molar-refractivity contribution in [2.75, 3.05) is 13.2 Å². The van der Waals surface area contributed by atoms with Crippen molar-refractivity contribution in [3.8, 4) is 0 Å². The van der Waals surface area contributed by atoms with Crippen LogP contribution in [0.25, 0.3) is 0 Å². The average molecular weight is 373 g/mol. The second-order valence-corrected chi connectivity index (χ2v) is 6.92. The molecule has 0 atom stereocenters. The summed E-state index contributed by atoms with van der Waals surface area (Å²) in [6, 6.07) is 0. The summed E-state index contributed by atoms with van der Waals surface area (Å²) in [5, 5.41) is 2.68. The van der Waals surface area contributed by atoms with E-state index < -0.39 is 10.4 Å². The third-order valence-corrected chi connectivity index (χ3v) is 4.08. The van der Waals surface area contributed by atoms with Gasteiger partial charge >= 0.3 is 29.6 Å². The minimum Gasteiger partial charge on any atom is -0.726 e. The summed E-state index contributed by atoms with van der Waals surface area (Å²) in [6.07, 6.45) is 13.5. The van der Waals surface area contributed by atoms with Crippen molar-refractivity contribution >= 4 is 16.3 Å². The van der Waals surface area contributed by atoms with Gasteiger partial charge in [-0.1, -0.05) is 64.7 Å². The molecule has 1 N–H and O–H groups in total. The van der Waals surface area contributed by atoms with Crippen LogP contribution in [0.1, 0.15) is 84.0 Å². The Kier molecular flexibility index (Phi) is 20.1. The first-order valence-corrected chi connectivity index (χ1v) is 10.2. The van der Waals surface area contributed by atoms with E-state index in [1.807, 2.05) is 0 Å². The van der Waals surface area contributed by atoms with Crippen molar-refractivity contribution in [1.29, 1.82) is 0 Å². The summed E-state index contributed by atoms with van der Waals surface area (Å²) in [7, 11) is -4.48. The smallest absolute Gasteiger partial charge is 0.726 e. The largest absolute Gasteiger partial charge is 1.00 e. The molecule has 0 aromatic heterocycles. The number of amides is 1. The van der Waals surface area contributed by atoms with Crippen LogP contribution in [-0.4, -0.2) is 32.0 Å². The minimum atomic E-state index is -4.48. The van der Waals surface area contributed by atoms with E-state index in [1.54, 1.807) is 0 Å². The summed E-state index contributed by atoms with van der Waals surface area (Å²) in [5.74, 6) is 0.204. The van der Waals surface area contributed by atoms with E-state index in [9.17, 15) is 17.8 Å². The number of hydrogen-bond acceptors (Lipinski definition) is 5. The van der Waals surface area contributed by atoms with Crippen LogP contribution < -0.4 is 34.9 Å². The van der Waals surface area contributed by atoms with E-state index in [2.05, 4.69) is 16.4 Å². The molecule has 1 fully saturated rings. The fourth-order valence-electron chi connectivity index (χ4n) is 2.32. The topological polar surface area (TPSA) is 95.5 Å². The summed E-state index contributed by atoms with van der Waals surface area (Å²) < 4.78 is 34.5. The number of carbonyl (C=O) groups excluding carboxylic acids is 1. The van der Waals surface area contributed by atoms with Crippen molar-refractivity contribution < 1.29 is 51.5 Å². The molecule has 0 aromatic rings. The van der Waals surface area contributed by atoms with Crippen LogP contribution in [0.3, 0.4) is 0 Å². The second-order valence-electron chi connectivity index (χ2n) is 5.87. The standard InChI is InChI=1S/C12H26O4S.C4H7NO.Na/c1-2-3-4-5-6-7-8-9-10-11-12-16-17(13,14)15;6-4-2-1-3-5-4;/h2-12H2,1H3,(H,13,14,15);1-3H2,(H,5,6);/q;;+1/p-1. The molecule has 138 valence electrons. The molecule has 0 aromatic carbocycles. The van der Waals surface area contributed by atoms with Crippen molar-refractivity contribution in [3.05, 3.63) is 0 Å². The number of rotatable bonds is 12. The van der Waals surface area contributed by atoms with Gasteiger partial charge in [-0.15, -0.1) is 0 Å². The maximum Gasteiger partial charge on any atom is 1.00 e. The maximum atomic E-state index is 10.1. The predicted octanol–water partition coefficient (Wildman–Crippen LogP) is 0.285. The van der Waals surface area contributed by atoms with Gasteiger partial charge in [0.05, 0.1) is 6.61 Å². The molecule has 8 heteroatoms. The molecule has 0 aliphatic carbocycles. The van der Waals surface area contributed by atoms with Crippen LogP contribution in [0.2, 0.25) is 0 Å². The molecule has 1 rings (SSSR count). The third kappa shape index (κ3) is 22.3. The zero-order chi connectivity index (χ0) is 17.4. The Balaban J connectivity index is 0. The van der Waals surface area contributed by atoms with Crippen LogP contribution in [-0.2, 0) is 19.4 Å². The Morgan fingerprint density at radius 3 is 1.83 bits per heavy atom. The Morgan fingerprint density at radius 2 is 1.50 bits per heavy atom. The molecule has 1 saturated heterocycles. The van der Waals surface area contributed by atoms with Gasteiger partial charge in [-0.2, -0.15) is 0 Å². The van der Waals surface area contributed by atoms with Crippen LogP contribution in [0.4, 0.5) is 0 Å². The van der Waals surface area contributed by atoms with Gasteiger partial charge in [-0.25, -0.2) is 8.42 Å². The molecular formula is C16H32NNaO5S. The Morgan fingerprint density at radius 1 is 1.00 bits per heavy atom. The number of hydrogen-bond donors (Lipinski definition) is 1. The van der Waals surface area contributed by atoms with E-state index in [1.165, 1.54) is 44.9 Å². The molecule has 1 heterocycles. The van der Waals surface area contributed by atoms with Crippen LogP contribution >= 0.6 is 0 Å². The SMILES string of the molecule is CCCCCCCCCCCCOS(=O)(=O)[O-].O=C1CCCN1.[Na+]. The van der Waals surface area contributed by atoms with Gasteiger partial charge in [0.1, 0.15) is 0 Å². The quantitative estimate of drug-likeness (QED) is 0.229. The third-order valence-electron chi connectivity index (χ3n) is 3.63. The maximum absolute atomic E-state index is 10.1. The van der Waals surface area contributed by atoms with Crippen LogP contribution in [0.5, 0.6) is 0 Å². The molecule has 0 bridgehead atoms. The number of nitrogens with one attached hydrogen (secondary N) is 1. The molecule has 6 nitrogen and oxygen atoms in total. The molecule has 1 amide bonds. The van der Waals surface area contributed by atoms with Gasteiger partial charge < -0.3 is 9.87 Å². The fraction of sp³-hybridized carbons (Fsp3) is 0.938. The van der Waals surface area contributed by atoms with Crippen LogP contribution in [0.15, 0.2) is 0 Å². The Labute approximate surface area is 169 Å². The van der Waals surface area contributed by atoms with E-state index in [0.717, 1.165) is 32.2 Å². The first kappa shape index (κ1) is 26.6. The van der Waals surface area contributed by atoms with Crippen molar-refractivity contribution in [2.45, 2.75) is 84.0 Å². The van der Waals surface area contributed by atoms with Gasteiger partial charge in [-0.3, -0.25) is 8.98 Å². The molecule has 0 spiro atoms. The fourth-order valence-corrected chi connectivity index (χ4v) is 2.64. The van der Waals surface area contributed by atoms with Crippen LogP contribution in [0, 0.1) is 0 Å². The van der Waals surface area contributed by atoms with Gasteiger partial charge in [-0.05, 0) is 12.8 Å². The predicted molar refractivity (Wildman–Crippen MR) is 89.7 cm³/mol. The normalized spacial score (nSPS) is 13.7. The molecule has 0 saturated carbocycles. The first-order chi connectivity index (χ1) is 11.0. The van der Waals surface area contributed by atoms with E-state index >= 15 is 0 Å². The molecule has 1 aliphatic heterocycles. The Hall–Kier alpha value is 0.340. The zero-order valence-electron chi connectivity index (χ0n) is 15.3. The average Bonchev–Trinajstić information content (AvgIpc) is 2.95. The van der Waals surface area contributed by atoms with Gasteiger partial charge in [0.2, 0.25) is 16.3 Å². The number of unbranched alkanes of at least 4 members (excludes halogenated alkanes) is 9. The molecule has 1 aliphatic rings. The van der Waals surface area contributed by atoms with Gasteiger partial charge in [0, 0.05) is 13.0 Å². The summed E-state index contributed by atoms with van der Waals surface area (Å²) in [6.45, 7) is 3.13. The van der Waals surface area contributed by atoms with E-state index in [4.69, 9.17) is 0 Å². The first-order valence-electron chi connectivity index (χ1n) is 8.82. The molecule has 0 unspecified atom stereocenters. The molecule has 0 radical (unpaired) electrons. The molecular weight excluding hydrogens is 341 g/mol. The summed E-state index contributed by atoms with van der Waals surface area (Å²) in [5.41, 5.74) is 0. The second kappa shape index (κ2) is 18.1. The van der Waals surface area contributed by atoms with Crippen molar-refractivity contribution in [2.24, 2.45) is 0 Å². The summed E-state index contributed by atoms with van der Waals surface area (Å²) >= 11 is 0. The number of carbonyl (C=O) groups is 1. The monoisotopic (exact) mass is 373 g/mol. The van der Waals surface area contributed by atoms with E-state index in [0.29, 0.717) is 6.42 Å². The van der Waals surface area contributed by atoms with Gasteiger partial charge in [0.15, 0.2) is 0 Å². The zero-order valence-corrected chi connectivity index (χ0v) is 18.2.